The number of ether oxygens (including phenoxy) is 2. The topological polar surface area (TPSA) is 150 Å². The van der Waals surface area contributed by atoms with Crippen molar-refractivity contribution in [2.75, 3.05) is 19.0 Å². The molecule has 0 atom stereocenters. The summed E-state index contributed by atoms with van der Waals surface area (Å²) in [6, 6.07) is 9.14. The number of hydrogen-bond donors (Lipinski definition) is 1. The number of nitrogens with zero attached hydrogens (tertiary/aromatic N) is 3. The average molecular weight is 452 g/mol. The van der Waals surface area contributed by atoms with Crippen LogP contribution in [0.2, 0.25) is 0 Å². The Morgan fingerprint density at radius 2 is 2.06 bits per heavy atom. The Hall–Kier alpha value is -4.59. The standard InChI is InChI=1S/C22H20N4O7/c1-13-14(2)25(11-16-5-4-8-32-16)21(17(13)10-23)24-20(27)12-33-22(28)15-6-7-19(31-3)18(9-15)26(29)30/h4-9H,11-12H2,1-3H3,(H,24,27). The van der Waals surface area contributed by atoms with Crippen LogP contribution in [-0.4, -0.2) is 35.1 Å². The van der Waals surface area contributed by atoms with Crippen molar-refractivity contribution in [2.24, 2.45) is 0 Å². The molecule has 0 spiro atoms. The molecule has 2 heterocycles. The first-order chi connectivity index (χ1) is 15.8. The molecule has 11 nitrogen and oxygen atoms in total. The lowest BCUT2D eigenvalue weighted by Crippen LogP contribution is -2.23. The van der Waals surface area contributed by atoms with Crippen LogP contribution in [0.25, 0.3) is 0 Å². The van der Waals surface area contributed by atoms with Crippen LogP contribution in [0, 0.1) is 35.3 Å². The highest BCUT2D eigenvalue weighted by atomic mass is 16.6. The molecule has 0 fully saturated rings. The Balaban J connectivity index is 1.74. The van der Waals surface area contributed by atoms with E-state index in [-0.39, 0.29) is 29.2 Å². The lowest BCUT2D eigenvalue weighted by Gasteiger charge is -2.12. The summed E-state index contributed by atoms with van der Waals surface area (Å²) in [4.78, 5) is 35.2. The molecule has 1 amide bonds. The number of aromatic nitrogens is 1. The quantitative estimate of drug-likeness (QED) is 0.311. The molecule has 170 valence electrons. The number of nitrogens with one attached hydrogen (secondary N) is 1. The van der Waals surface area contributed by atoms with Crippen molar-refractivity contribution in [3.05, 3.63) is 74.9 Å². The lowest BCUT2D eigenvalue weighted by atomic mass is 10.2. The number of furan rings is 1. The van der Waals surface area contributed by atoms with Gasteiger partial charge in [-0.05, 0) is 43.7 Å². The zero-order valence-electron chi connectivity index (χ0n) is 18.1. The summed E-state index contributed by atoms with van der Waals surface area (Å²) in [5, 5.41) is 23.3. The molecule has 11 heteroatoms. The van der Waals surface area contributed by atoms with Gasteiger partial charge in [0.15, 0.2) is 12.4 Å². The first-order valence-corrected chi connectivity index (χ1v) is 9.68. The van der Waals surface area contributed by atoms with Gasteiger partial charge in [-0.25, -0.2) is 4.79 Å². The van der Waals surface area contributed by atoms with E-state index in [9.17, 15) is 25.0 Å². The van der Waals surface area contributed by atoms with Crippen molar-refractivity contribution >= 4 is 23.4 Å². The SMILES string of the molecule is COc1ccc(C(=O)OCC(=O)Nc2c(C#N)c(C)c(C)n2Cc2ccco2)cc1[N+](=O)[O-]. The highest BCUT2D eigenvalue weighted by molar-refractivity contribution is 5.96. The number of hydrogen-bond acceptors (Lipinski definition) is 8. The number of carbonyl (C=O) groups excluding carboxylic acids is 2. The minimum Gasteiger partial charge on any atom is -0.490 e. The molecule has 0 unspecified atom stereocenters. The average Bonchev–Trinajstić information content (AvgIpc) is 3.39. The molecule has 3 rings (SSSR count). The zero-order valence-corrected chi connectivity index (χ0v) is 18.1. The molecule has 0 aliphatic heterocycles. The molecule has 3 aromatic rings. The molecular formula is C22H20N4O7. The van der Waals surface area contributed by atoms with Crippen LogP contribution in [0.4, 0.5) is 11.5 Å². The molecule has 0 aliphatic carbocycles. The van der Waals surface area contributed by atoms with E-state index >= 15 is 0 Å². The Bertz CT molecular complexity index is 1250. The predicted octanol–water partition coefficient (Wildman–Crippen LogP) is 3.33. The van der Waals surface area contributed by atoms with Gasteiger partial charge in [0.05, 0.1) is 36.0 Å². The van der Waals surface area contributed by atoms with Gasteiger partial charge < -0.3 is 23.8 Å². The van der Waals surface area contributed by atoms with Crippen molar-refractivity contribution in [1.29, 1.82) is 5.26 Å². The first-order valence-electron chi connectivity index (χ1n) is 9.68. The molecule has 0 bridgehead atoms. The van der Waals surface area contributed by atoms with Gasteiger partial charge in [-0.3, -0.25) is 14.9 Å². The summed E-state index contributed by atoms with van der Waals surface area (Å²) in [5.41, 5.74) is 1.23. The Labute approximate surface area is 188 Å². The summed E-state index contributed by atoms with van der Waals surface area (Å²) in [6.45, 7) is 3.20. The van der Waals surface area contributed by atoms with Crippen molar-refractivity contribution in [1.82, 2.24) is 4.57 Å². The van der Waals surface area contributed by atoms with E-state index < -0.39 is 29.1 Å². The molecule has 0 radical (unpaired) electrons. The van der Waals surface area contributed by atoms with Crippen LogP contribution < -0.4 is 10.1 Å². The Morgan fingerprint density at radius 3 is 2.67 bits per heavy atom. The smallest absolute Gasteiger partial charge is 0.338 e. The summed E-state index contributed by atoms with van der Waals surface area (Å²) in [7, 11) is 1.27. The van der Waals surface area contributed by atoms with E-state index in [1.54, 1.807) is 23.6 Å². The summed E-state index contributed by atoms with van der Waals surface area (Å²) in [5.74, 6) is -0.733. The van der Waals surface area contributed by atoms with Crippen molar-refractivity contribution < 1.29 is 28.4 Å². The van der Waals surface area contributed by atoms with Gasteiger partial charge in [-0.15, -0.1) is 0 Å². The van der Waals surface area contributed by atoms with Gasteiger partial charge >= 0.3 is 11.7 Å². The van der Waals surface area contributed by atoms with Gasteiger partial charge in [0.25, 0.3) is 5.91 Å². The maximum atomic E-state index is 12.5. The minimum atomic E-state index is -0.922. The van der Waals surface area contributed by atoms with Crippen molar-refractivity contribution in [3.63, 3.8) is 0 Å². The second kappa shape index (κ2) is 9.69. The highest BCUT2D eigenvalue weighted by Gasteiger charge is 2.22. The highest BCUT2D eigenvalue weighted by Crippen LogP contribution is 2.29. The number of rotatable bonds is 8. The third-order valence-electron chi connectivity index (χ3n) is 5.04. The molecule has 0 aliphatic rings. The molecule has 0 saturated heterocycles. The molecule has 33 heavy (non-hydrogen) atoms. The normalized spacial score (nSPS) is 10.4. The van der Waals surface area contributed by atoms with E-state index in [1.165, 1.54) is 25.5 Å². The van der Waals surface area contributed by atoms with E-state index in [2.05, 4.69) is 11.4 Å². The van der Waals surface area contributed by atoms with E-state index in [1.807, 2.05) is 6.92 Å². The number of methoxy groups -OCH3 is 1. The third kappa shape index (κ3) is 4.85. The van der Waals surface area contributed by atoms with Crippen LogP contribution in [0.15, 0.2) is 41.0 Å². The second-order valence-corrected chi connectivity index (χ2v) is 6.98. The fourth-order valence-corrected chi connectivity index (χ4v) is 3.23. The van der Waals surface area contributed by atoms with Gasteiger partial charge in [-0.1, -0.05) is 0 Å². The number of benzene rings is 1. The van der Waals surface area contributed by atoms with Gasteiger partial charge in [-0.2, -0.15) is 5.26 Å². The van der Waals surface area contributed by atoms with Crippen LogP contribution >= 0.6 is 0 Å². The van der Waals surface area contributed by atoms with Crippen LogP contribution in [0.5, 0.6) is 5.75 Å². The summed E-state index contributed by atoms with van der Waals surface area (Å²) < 4.78 is 17.0. The molecule has 0 saturated carbocycles. The van der Waals surface area contributed by atoms with Gasteiger partial charge in [0.1, 0.15) is 17.6 Å². The summed E-state index contributed by atoms with van der Waals surface area (Å²) >= 11 is 0. The Kier molecular flexibility index (Phi) is 6.78. The van der Waals surface area contributed by atoms with Crippen LogP contribution in [0.1, 0.15) is 32.9 Å². The number of carbonyl (C=O) groups is 2. The Morgan fingerprint density at radius 1 is 1.30 bits per heavy atom. The number of nitro groups is 1. The van der Waals surface area contributed by atoms with E-state index in [0.29, 0.717) is 11.3 Å². The van der Waals surface area contributed by atoms with Crippen LogP contribution in [0.3, 0.4) is 0 Å². The molecule has 1 aromatic carbocycles. The first kappa shape index (κ1) is 23.1. The number of nitriles is 1. The van der Waals surface area contributed by atoms with E-state index in [0.717, 1.165) is 11.8 Å². The fraction of sp³-hybridized carbons (Fsp3) is 0.227. The summed E-state index contributed by atoms with van der Waals surface area (Å²) in [6.07, 6.45) is 1.52. The largest absolute Gasteiger partial charge is 0.490 e. The number of anilines is 1. The number of nitro benzene ring substituents is 1. The maximum Gasteiger partial charge on any atom is 0.338 e. The zero-order chi connectivity index (χ0) is 24.1. The predicted molar refractivity (Wildman–Crippen MR) is 115 cm³/mol. The van der Waals surface area contributed by atoms with Crippen molar-refractivity contribution in [3.8, 4) is 11.8 Å². The maximum absolute atomic E-state index is 12.5. The lowest BCUT2D eigenvalue weighted by molar-refractivity contribution is -0.385. The van der Waals surface area contributed by atoms with Gasteiger partial charge in [0, 0.05) is 11.8 Å². The third-order valence-corrected chi connectivity index (χ3v) is 5.04. The second-order valence-electron chi connectivity index (χ2n) is 6.98. The fourth-order valence-electron chi connectivity index (χ4n) is 3.23. The van der Waals surface area contributed by atoms with Crippen LogP contribution in [-0.2, 0) is 16.1 Å². The minimum absolute atomic E-state index is 0.0126. The number of amides is 1. The molecular weight excluding hydrogens is 432 g/mol. The number of esters is 1. The monoisotopic (exact) mass is 452 g/mol. The molecule has 1 N–H and O–H groups in total. The van der Waals surface area contributed by atoms with Crippen molar-refractivity contribution in [2.45, 2.75) is 20.4 Å². The van der Waals surface area contributed by atoms with Gasteiger partial charge in [0.2, 0.25) is 0 Å². The van der Waals surface area contributed by atoms with E-state index in [4.69, 9.17) is 13.9 Å². The molecule has 2 aromatic heterocycles.